The molecule has 0 aliphatic rings. The first kappa shape index (κ1) is 16.6. The molecule has 1 unspecified atom stereocenters. The van der Waals surface area contributed by atoms with E-state index in [1.54, 1.807) is 18.0 Å². The van der Waals surface area contributed by atoms with Crippen molar-refractivity contribution < 1.29 is 9.84 Å². The molecular formula is C13H24BrN3O2. The van der Waals surface area contributed by atoms with Gasteiger partial charge in [0, 0.05) is 13.2 Å². The fourth-order valence-electron chi connectivity index (χ4n) is 1.97. The summed E-state index contributed by atoms with van der Waals surface area (Å²) in [6, 6.07) is 0.414. The first-order chi connectivity index (χ1) is 8.88. The summed E-state index contributed by atoms with van der Waals surface area (Å²) in [6.45, 7) is 7.96. The van der Waals surface area contributed by atoms with Crippen molar-refractivity contribution in [1.29, 1.82) is 0 Å². The van der Waals surface area contributed by atoms with Gasteiger partial charge in [0.25, 0.3) is 0 Å². The zero-order valence-electron chi connectivity index (χ0n) is 12.1. The number of aliphatic hydroxyl groups is 1. The van der Waals surface area contributed by atoms with Crippen molar-refractivity contribution in [1.82, 2.24) is 15.1 Å². The van der Waals surface area contributed by atoms with E-state index < -0.39 is 5.60 Å². The van der Waals surface area contributed by atoms with Gasteiger partial charge < -0.3 is 15.2 Å². The van der Waals surface area contributed by atoms with E-state index in [4.69, 9.17) is 4.74 Å². The highest BCUT2D eigenvalue weighted by Gasteiger charge is 2.29. The van der Waals surface area contributed by atoms with Gasteiger partial charge in [0.1, 0.15) is 5.60 Å². The van der Waals surface area contributed by atoms with Gasteiger partial charge in [-0.15, -0.1) is 0 Å². The molecule has 1 atom stereocenters. The van der Waals surface area contributed by atoms with E-state index >= 15 is 0 Å². The van der Waals surface area contributed by atoms with E-state index in [0.29, 0.717) is 25.6 Å². The lowest BCUT2D eigenvalue weighted by Crippen LogP contribution is -2.33. The molecular weight excluding hydrogens is 310 g/mol. The second-order valence-electron chi connectivity index (χ2n) is 5.19. The highest BCUT2D eigenvalue weighted by atomic mass is 79.9. The molecule has 0 fully saturated rings. The number of nitrogens with one attached hydrogen (secondary N) is 1. The topological polar surface area (TPSA) is 59.3 Å². The van der Waals surface area contributed by atoms with E-state index in [1.807, 2.05) is 6.92 Å². The minimum atomic E-state index is -0.926. The maximum Gasteiger partial charge on any atom is 0.106 e. The number of hydrogen-bond acceptors (Lipinski definition) is 4. The second kappa shape index (κ2) is 7.38. The van der Waals surface area contributed by atoms with Crippen LogP contribution in [0.4, 0.5) is 0 Å². The molecule has 1 rings (SSSR count). The van der Waals surface area contributed by atoms with Crippen LogP contribution in [-0.4, -0.2) is 41.2 Å². The third kappa shape index (κ3) is 4.87. The third-order valence-corrected chi connectivity index (χ3v) is 3.56. The van der Waals surface area contributed by atoms with Gasteiger partial charge in [-0.05, 0) is 35.8 Å². The van der Waals surface area contributed by atoms with Crippen LogP contribution >= 0.6 is 15.9 Å². The molecule has 0 saturated heterocycles. The molecule has 0 saturated carbocycles. The molecule has 6 heteroatoms. The quantitative estimate of drug-likeness (QED) is 0.762. The van der Waals surface area contributed by atoms with Crippen LogP contribution in [0.3, 0.4) is 0 Å². The average Bonchev–Trinajstić information content (AvgIpc) is 2.67. The summed E-state index contributed by atoms with van der Waals surface area (Å²) in [6.07, 6.45) is 2.35. The van der Waals surface area contributed by atoms with E-state index in [-0.39, 0.29) is 0 Å². The summed E-state index contributed by atoms with van der Waals surface area (Å²) < 4.78 is 7.69. The minimum absolute atomic E-state index is 0.414. The van der Waals surface area contributed by atoms with Crippen LogP contribution in [0.2, 0.25) is 0 Å². The summed E-state index contributed by atoms with van der Waals surface area (Å²) in [5.41, 5.74) is -0.125. The molecule has 0 aromatic carbocycles. The van der Waals surface area contributed by atoms with Crippen LogP contribution in [-0.2, 0) is 16.9 Å². The Hall–Kier alpha value is -0.430. The van der Waals surface area contributed by atoms with Crippen molar-refractivity contribution >= 4 is 15.9 Å². The summed E-state index contributed by atoms with van der Waals surface area (Å²) in [7, 11) is 1.66. The first-order valence-electron chi connectivity index (χ1n) is 6.55. The summed E-state index contributed by atoms with van der Waals surface area (Å²) in [5, 5.41) is 18.3. The number of aromatic nitrogens is 2. The smallest absolute Gasteiger partial charge is 0.106 e. The Labute approximate surface area is 123 Å². The van der Waals surface area contributed by atoms with E-state index in [0.717, 1.165) is 16.7 Å². The Kier molecular flexibility index (Phi) is 6.46. The maximum atomic E-state index is 10.7. The molecule has 19 heavy (non-hydrogen) atoms. The molecule has 0 amide bonds. The van der Waals surface area contributed by atoms with Crippen molar-refractivity contribution in [3.05, 3.63) is 16.4 Å². The Balaban J connectivity index is 2.77. The maximum absolute atomic E-state index is 10.7. The minimum Gasteiger partial charge on any atom is -0.384 e. The molecule has 0 aliphatic carbocycles. The summed E-state index contributed by atoms with van der Waals surface area (Å²) >= 11 is 3.46. The van der Waals surface area contributed by atoms with Crippen molar-refractivity contribution in [2.24, 2.45) is 0 Å². The zero-order valence-corrected chi connectivity index (χ0v) is 13.7. The molecule has 1 heterocycles. The van der Waals surface area contributed by atoms with Gasteiger partial charge in [-0.2, -0.15) is 5.10 Å². The van der Waals surface area contributed by atoms with Gasteiger partial charge in [0.05, 0.1) is 29.5 Å². The van der Waals surface area contributed by atoms with Crippen molar-refractivity contribution in [3.8, 4) is 0 Å². The highest BCUT2D eigenvalue weighted by molar-refractivity contribution is 9.10. The van der Waals surface area contributed by atoms with Crippen molar-refractivity contribution in [2.45, 2.75) is 45.4 Å². The van der Waals surface area contributed by atoms with Crippen LogP contribution in [0, 0.1) is 0 Å². The molecule has 0 bridgehead atoms. The lowest BCUT2D eigenvalue weighted by Gasteiger charge is -2.26. The number of ether oxygens (including phenoxy) is 1. The molecule has 2 N–H and O–H groups in total. The van der Waals surface area contributed by atoms with Crippen molar-refractivity contribution in [3.63, 3.8) is 0 Å². The summed E-state index contributed by atoms with van der Waals surface area (Å²) in [5.74, 6) is 0. The van der Waals surface area contributed by atoms with E-state index in [2.05, 4.69) is 40.2 Å². The average molecular weight is 334 g/mol. The molecule has 0 radical (unpaired) electrons. The lowest BCUT2D eigenvalue weighted by atomic mass is 9.98. The fraction of sp³-hybridized carbons (Fsp3) is 0.769. The molecule has 0 spiro atoms. The second-order valence-corrected chi connectivity index (χ2v) is 6.04. The van der Waals surface area contributed by atoms with Gasteiger partial charge in [0.15, 0.2) is 0 Å². The van der Waals surface area contributed by atoms with E-state index in [9.17, 15) is 5.11 Å². The van der Waals surface area contributed by atoms with Gasteiger partial charge in [-0.25, -0.2) is 0 Å². The SMILES string of the molecule is COCCn1ncc(Br)c1C(C)(O)CCNC(C)C. The molecule has 0 aliphatic heterocycles. The molecule has 1 aromatic rings. The number of rotatable bonds is 8. The number of nitrogens with zero attached hydrogens (tertiary/aromatic N) is 2. The highest BCUT2D eigenvalue weighted by Crippen LogP contribution is 2.30. The first-order valence-corrected chi connectivity index (χ1v) is 7.34. The van der Waals surface area contributed by atoms with Gasteiger partial charge in [-0.3, -0.25) is 4.68 Å². The van der Waals surface area contributed by atoms with Crippen LogP contribution in [0.5, 0.6) is 0 Å². The predicted molar refractivity (Wildman–Crippen MR) is 79.1 cm³/mol. The Morgan fingerprint density at radius 1 is 1.58 bits per heavy atom. The lowest BCUT2D eigenvalue weighted by molar-refractivity contribution is 0.0358. The summed E-state index contributed by atoms with van der Waals surface area (Å²) in [4.78, 5) is 0. The predicted octanol–water partition coefficient (Wildman–Crippen LogP) is 1.89. The molecule has 5 nitrogen and oxygen atoms in total. The normalized spacial score (nSPS) is 14.9. The molecule has 110 valence electrons. The number of halogens is 1. The Morgan fingerprint density at radius 3 is 2.84 bits per heavy atom. The number of methoxy groups -OCH3 is 1. The van der Waals surface area contributed by atoms with E-state index in [1.165, 1.54) is 0 Å². The van der Waals surface area contributed by atoms with Crippen molar-refractivity contribution in [2.75, 3.05) is 20.3 Å². The largest absolute Gasteiger partial charge is 0.384 e. The third-order valence-electron chi connectivity index (χ3n) is 2.98. The Bertz CT molecular complexity index is 391. The van der Waals surface area contributed by atoms with Crippen LogP contribution < -0.4 is 5.32 Å². The van der Waals surface area contributed by atoms with Crippen LogP contribution in [0.1, 0.15) is 32.9 Å². The van der Waals surface area contributed by atoms with Crippen LogP contribution in [0.15, 0.2) is 10.7 Å². The van der Waals surface area contributed by atoms with Gasteiger partial charge >= 0.3 is 0 Å². The monoisotopic (exact) mass is 333 g/mol. The Morgan fingerprint density at radius 2 is 2.26 bits per heavy atom. The standard InChI is InChI=1S/C13H24BrN3O2/c1-10(2)15-6-5-13(3,18)12-11(14)9-16-17(12)7-8-19-4/h9-10,15,18H,5-8H2,1-4H3. The zero-order chi connectivity index (χ0) is 14.5. The van der Waals surface area contributed by atoms with Gasteiger partial charge in [-0.1, -0.05) is 13.8 Å². The fourth-order valence-corrected chi connectivity index (χ4v) is 2.69. The van der Waals surface area contributed by atoms with Crippen LogP contribution in [0.25, 0.3) is 0 Å². The molecule has 1 aromatic heterocycles. The van der Waals surface area contributed by atoms with Gasteiger partial charge in [0.2, 0.25) is 0 Å². The number of hydrogen-bond donors (Lipinski definition) is 2.